The summed E-state index contributed by atoms with van der Waals surface area (Å²) in [5, 5.41) is 12.2. The molecular formula is C19H26ClN7O4S. The number of nitrogens with zero attached hydrogens (tertiary/aromatic N) is 7. The summed E-state index contributed by atoms with van der Waals surface area (Å²) in [5.41, 5.74) is 0.587. The summed E-state index contributed by atoms with van der Waals surface area (Å²) in [5.74, 6) is 0.637. The van der Waals surface area contributed by atoms with Crippen molar-refractivity contribution in [3.05, 3.63) is 41.3 Å². The SMILES string of the molecule is COC[C@@H](C)n1c(CS(=O)(=O)[C@@H](C)[C@H](OC)c2ncc(Cl)cn2)nnc1-c1ccn(C)n1. The Morgan fingerprint density at radius 1 is 1.16 bits per heavy atom. The van der Waals surface area contributed by atoms with Crippen LogP contribution < -0.4 is 0 Å². The fourth-order valence-electron chi connectivity index (χ4n) is 3.39. The highest BCUT2D eigenvalue weighted by atomic mass is 35.5. The van der Waals surface area contributed by atoms with Crippen LogP contribution in [0, 0.1) is 0 Å². The predicted octanol–water partition coefficient (Wildman–Crippen LogP) is 2.02. The topological polar surface area (TPSA) is 127 Å². The van der Waals surface area contributed by atoms with Crippen molar-refractivity contribution in [3.8, 4) is 11.5 Å². The Balaban J connectivity index is 1.95. The van der Waals surface area contributed by atoms with Crippen molar-refractivity contribution in [2.45, 2.75) is 37.0 Å². The number of aryl methyl sites for hydroxylation is 1. The van der Waals surface area contributed by atoms with Gasteiger partial charge in [-0.1, -0.05) is 11.6 Å². The van der Waals surface area contributed by atoms with E-state index >= 15 is 0 Å². The van der Waals surface area contributed by atoms with Gasteiger partial charge in [0.1, 0.15) is 23.4 Å². The van der Waals surface area contributed by atoms with Gasteiger partial charge in [0, 0.05) is 39.9 Å². The van der Waals surface area contributed by atoms with Crippen LogP contribution in [0.3, 0.4) is 0 Å². The molecule has 0 fully saturated rings. The molecular weight excluding hydrogens is 458 g/mol. The summed E-state index contributed by atoms with van der Waals surface area (Å²) < 4.78 is 40.8. The standard InChI is InChI=1S/C19H26ClN7O4S/c1-12(10-30-4)27-16(23-24-19(27)15-6-7-26(3)25-15)11-32(28,29)13(2)17(31-5)18-21-8-14(20)9-22-18/h6-9,12-13,17H,10-11H2,1-5H3/t12-,13+,17+/m1/s1. The van der Waals surface area contributed by atoms with Crippen LogP contribution in [0.1, 0.15) is 37.6 Å². The lowest BCUT2D eigenvalue weighted by Gasteiger charge is -2.22. The van der Waals surface area contributed by atoms with Crippen molar-refractivity contribution in [2.75, 3.05) is 20.8 Å². The van der Waals surface area contributed by atoms with Crippen molar-refractivity contribution in [2.24, 2.45) is 7.05 Å². The van der Waals surface area contributed by atoms with E-state index in [-0.39, 0.29) is 23.4 Å². The number of ether oxygens (including phenoxy) is 2. The van der Waals surface area contributed by atoms with Crippen LogP contribution in [0.4, 0.5) is 0 Å². The highest BCUT2D eigenvalue weighted by Crippen LogP contribution is 2.28. The fraction of sp³-hybridized carbons (Fsp3) is 0.526. The third-order valence-corrected chi connectivity index (χ3v) is 7.27. The zero-order chi connectivity index (χ0) is 23.5. The first-order valence-electron chi connectivity index (χ1n) is 9.82. The van der Waals surface area contributed by atoms with Gasteiger partial charge in [-0.25, -0.2) is 18.4 Å². The molecule has 3 aromatic rings. The van der Waals surface area contributed by atoms with Gasteiger partial charge in [0.2, 0.25) is 0 Å². The number of methoxy groups -OCH3 is 2. The quantitative estimate of drug-likeness (QED) is 0.425. The van der Waals surface area contributed by atoms with Gasteiger partial charge in [-0.15, -0.1) is 10.2 Å². The molecule has 0 spiro atoms. The van der Waals surface area contributed by atoms with Gasteiger partial charge in [0.15, 0.2) is 21.5 Å². The van der Waals surface area contributed by atoms with E-state index in [1.807, 2.05) is 6.92 Å². The molecule has 3 heterocycles. The largest absolute Gasteiger partial charge is 0.383 e. The van der Waals surface area contributed by atoms with Gasteiger partial charge in [0.05, 0.1) is 22.9 Å². The van der Waals surface area contributed by atoms with Gasteiger partial charge in [0.25, 0.3) is 0 Å². The smallest absolute Gasteiger partial charge is 0.184 e. The molecule has 0 unspecified atom stereocenters. The minimum Gasteiger partial charge on any atom is -0.383 e. The fourth-order valence-corrected chi connectivity index (χ4v) is 4.91. The Morgan fingerprint density at radius 2 is 1.84 bits per heavy atom. The van der Waals surface area contributed by atoms with Gasteiger partial charge >= 0.3 is 0 Å². The summed E-state index contributed by atoms with van der Waals surface area (Å²) in [6.45, 7) is 3.80. The molecule has 0 aliphatic heterocycles. The molecule has 3 atom stereocenters. The molecule has 0 radical (unpaired) electrons. The van der Waals surface area contributed by atoms with E-state index in [2.05, 4.69) is 25.3 Å². The lowest BCUT2D eigenvalue weighted by atomic mass is 10.2. The maximum atomic E-state index is 13.3. The lowest BCUT2D eigenvalue weighted by molar-refractivity contribution is 0.0948. The third-order valence-electron chi connectivity index (χ3n) is 5.03. The third kappa shape index (κ3) is 5.14. The van der Waals surface area contributed by atoms with Crippen molar-refractivity contribution in [3.63, 3.8) is 0 Å². The average molecular weight is 484 g/mol. The van der Waals surface area contributed by atoms with Crippen LogP contribution in [-0.4, -0.2) is 69.0 Å². The predicted molar refractivity (Wildman–Crippen MR) is 118 cm³/mol. The van der Waals surface area contributed by atoms with Crippen LogP contribution in [-0.2, 0) is 32.1 Å². The first-order valence-corrected chi connectivity index (χ1v) is 11.9. The number of sulfone groups is 1. The van der Waals surface area contributed by atoms with Crippen LogP contribution in [0.15, 0.2) is 24.7 Å². The summed E-state index contributed by atoms with van der Waals surface area (Å²) in [7, 11) is 1.04. The average Bonchev–Trinajstić information content (AvgIpc) is 3.35. The second-order valence-corrected chi connectivity index (χ2v) is 10.2. The molecule has 3 rings (SSSR count). The summed E-state index contributed by atoms with van der Waals surface area (Å²) in [4.78, 5) is 8.23. The summed E-state index contributed by atoms with van der Waals surface area (Å²) >= 11 is 5.84. The monoisotopic (exact) mass is 483 g/mol. The first kappa shape index (κ1) is 24.2. The van der Waals surface area contributed by atoms with E-state index in [1.165, 1.54) is 19.5 Å². The minimum absolute atomic E-state index is 0.217. The van der Waals surface area contributed by atoms with Gasteiger partial charge < -0.3 is 14.0 Å². The van der Waals surface area contributed by atoms with Crippen LogP contribution in [0.2, 0.25) is 5.02 Å². The number of hydrogen-bond acceptors (Lipinski definition) is 9. The van der Waals surface area contributed by atoms with E-state index in [0.29, 0.717) is 23.1 Å². The number of rotatable bonds is 10. The maximum Gasteiger partial charge on any atom is 0.184 e. The van der Waals surface area contributed by atoms with Gasteiger partial charge in [-0.3, -0.25) is 4.68 Å². The first-order chi connectivity index (χ1) is 15.2. The highest BCUT2D eigenvalue weighted by molar-refractivity contribution is 7.91. The Bertz CT molecular complexity index is 1150. The molecule has 0 bridgehead atoms. The number of aromatic nitrogens is 7. The molecule has 32 heavy (non-hydrogen) atoms. The molecule has 3 aromatic heterocycles. The zero-order valence-electron chi connectivity index (χ0n) is 18.5. The zero-order valence-corrected chi connectivity index (χ0v) is 20.1. The van der Waals surface area contributed by atoms with Crippen LogP contribution >= 0.6 is 11.6 Å². The summed E-state index contributed by atoms with van der Waals surface area (Å²) in [6.07, 6.45) is 3.71. The minimum atomic E-state index is -3.75. The molecule has 0 aliphatic rings. The van der Waals surface area contributed by atoms with E-state index in [9.17, 15) is 8.42 Å². The Labute approximate surface area is 191 Å². The Morgan fingerprint density at radius 3 is 2.41 bits per heavy atom. The molecule has 11 nitrogen and oxygen atoms in total. The van der Waals surface area contributed by atoms with Crippen LogP contribution in [0.5, 0.6) is 0 Å². The highest BCUT2D eigenvalue weighted by Gasteiger charge is 2.35. The molecule has 0 N–H and O–H groups in total. The van der Waals surface area contributed by atoms with Gasteiger partial charge in [-0.2, -0.15) is 5.10 Å². The summed E-state index contributed by atoms with van der Waals surface area (Å²) in [6, 6.07) is 1.57. The molecule has 174 valence electrons. The van der Waals surface area contributed by atoms with Crippen molar-refractivity contribution < 1.29 is 17.9 Å². The van der Waals surface area contributed by atoms with E-state index in [4.69, 9.17) is 21.1 Å². The number of hydrogen-bond donors (Lipinski definition) is 0. The maximum absolute atomic E-state index is 13.3. The van der Waals surface area contributed by atoms with E-state index in [0.717, 1.165) is 0 Å². The molecule has 0 aliphatic carbocycles. The molecule has 13 heteroatoms. The normalized spacial score (nSPS) is 14.9. The molecule has 0 saturated heterocycles. The Kier molecular flexibility index (Phi) is 7.59. The molecule has 0 saturated carbocycles. The lowest BCUT2D eigenvalue weighted by Crippen LogP contribution is -2.30. The Hall–Kier alpha value is -2.41. The van der Waals surface area contributed by atoms with Crippen molar-refractivity contribution in [1.29, 1.82) is 0 Å². The van der Waals surface area contributed by atoms with E-state index in [1.54, 1.807) is 42.6 Å². The molecule has 0 aromatic carbocycles. The molecule has 0 amide bonds. The second-order valence-electron chi connectivity index (χ2n) is 7.42. The van der Waals surface area contributed by atoms with Crippen LogP contribution in [0.25, 0.3) is 11.5 Å². The van der Waals surface area contributed by atoms with Crippen molar-refractivity contribution >= 4 is 21.4 Å². The van der Waals surface area contributed by atoms with Crippen molar-refractivity contribution in [1.82, 2.24) is 34.5 Å². The van der Waals surface area contributed by atoms with E-state index < -0.39 is 21.2 Å². The number of halogens is 1. The van der Waals surface area contributed by atoms with Gasteiger partial charge in [-0.05, 0) is 19.9 Å². The second kappa shape index (κ2) is 10.0.